The number of barbiturate groups is 2. The van der Waals surface area contributed by atoms with Crippen LogP contribution in [0.25, 0.3) is 0 Å². The van der Waals surface area contributed by atoms with Crippen LogP contribution in [0, 0.1) is 11.3 Å². The van der Waals surface area contributed by atoms with Crippen molar-refractivity contribution in [1.29, 1.82) is 0 Å². The van der Waals surface area contributed by atoms with Crippen molar-refractivity contribution in [3.8, 4) is 17.2 Å². The first-order chi connectivity index (χ1) is 19.1. The largest absolute Gasteiger partial charge is 0.492 e. The summed E-state index contributed by atoms with van der Waals surface area (Å²) < 4.78 is 17.0. The number of amides is 8. The molecule has 4 aliphatic rings. The second kappa shape index (κ2) is 9.79. The van der Waals surface area contributed by atoms with Gasteiger partial charge in [-0.3, -0.25) is 38.8 Å². The number of urea groups is 2. The van der Waals surface area contributed by atoms with E-state index in [2.05, 4.69) is 0 Å². The van der Waals surface area contributed by atoms with Gasteiger partial charge >= 0.3 is 12.1 Å². The second-order valence-electron chi connectivity index (χ2n) is 9.97. The van der Waals surface area contributed by atoms with Crippen LogP contribution in [-0.2, 0) is 25.6 Å². The lowest BCUT2D eigenvalue weighted by molar-refractivity contribution is -0.166. The predicted molar refractivity (Wildman–Crippen MR) is 136 cm³/mol. The van der Waals surface area contributed by atoms with Crippen LogP contribution in [0.5, 0.6) is 17.2 Å². The van der Waals surface area contributed by atoms with Crippen LogP contribution in [-0.4, -0.2) is 95.4 Å². The molecule has 5 rings (SSSR count). The van der Waals surface area contributed by atoms with E-state index in [1.165, 1.54) is 7.11 Å². The Kier molecular flexibility index (Phi) is 6.71. The number of nitrogens with zero attached hydrogens (tertiary/aromatic N) is 4. The highest BCUT2D eigenvalue weighted by Gasteiger charge is 2.68. The minimum Gasteiger partial charge on any atom is -0.492 e. The summed E-state index contributed by atoms with van der Waals surface area (Å²) in [6.07, 6.45) is 0.122. The molecule has 1 atom stereocenters. The zero-order valence-electron chi connectivity index (χ0n) is 23.1. The third-order valence-electron chi connectivity index (χ3n) is 8.42. The molecular formula is C27H32N4O9. The molecule has 0 unspecified atom stereocenters. The van der Waals surface area contributed by atoms with Gasteiger partial charge in [0.25, 0.3) is 0 Å². The van der Waals surface area contributed by atoms with Gasteiger partial charge in [0, 0.05) is 37.7 Å². The monoisotopic (exact) mass is 556 g/mol. The van der Waals surface area contributed by atoms with Gasteiger partial charge in [-0.15, -0.1) is 0 Å². The summed E-state index contributed by atoms with van der Waals surface area (Å²) in [5.74, 6) is -5.46. The van der Waals surface area contributed by atoms with E-state index < -0.39 is 52.9 Å². The molecular weight excluding hydrogens is 524 g/mol. The lowest BCUT2D eigenvalue weighted by Crippen LogP contribution is -2.70. The summed E-state index contributed by atoms with van der Waals surface area (Å²) in [7, 11) is 1.38. The number of imide groups is 4. The Morgan fingerprint density at radius 1 is 0.825 bits per heavy atom. The van der Waals surface area contributed by atoms with E-state index in [0.717, 1.165) is 19.6 Å². The number of benzene rings is 1. The molecule has 1 spiro atoms. The molecule has 13 nitrogen and oxygen atoms in total. The average Bonchev–Trinajstić information content (AvgIpc) is 3.40. The van der Waals surface area contributed by atoms with Gasteiger partial charge in [-0.25, -0.2) is 9.59 Å². The first kappa shape index (κ1) is 27.4. The molecule has 3 heterocycles. The Labute approximate surface area is 230 Å². The number of rotatable bonds is 6. The summed E-state index contributed by atoms with van der Waals surface area (Å²) in [5.41, 5.74) is -1.10. The van der Waals surface area contributed by atoms with Crippen LogP contribution in [0.4, 0.5) is 9.59 Å². The third-order valence-corrected chi connectivity index (χ3v) is 8.42. The van der Waals surface area contributed by atoms with Gasteiger partial charge in [0.1, 0.15) is 11.3 Å². The lowest BCUT2D eigenvalue weighted by atomic mass is 9.56. The number of hydrogen-bond donors (Lipinski definition) is 0. The maximum absolute atomic E-state index is 14.3. The van der Waals surface area contributed by atoms with Crippen LogP contribution in [0.3, 0.4) is 0 Å². The van der Waals surface area contributed by atoms with Crippen LogP contribution in [0.15, 0.2) is 6.07 Å². The maximum atomic E-state index is 14.3. The SMILES string of the molecule is CCN1C(=O)C([C@@H]2c3c(cc4c(c3OC)OCO4)CCC23C(=O)N(CC)C(=O)N(CC)C3=O)C(=O)N(CC)C1=O. The van der Waals surface area contributed by atoms with Crippen molar-refractivity contribution in [2.45, 2.75) is 46.5 Å². The zero-order valence-corrected chi connectivity index (χ0v) is 23.1. The van der Waals surface area contributed by atoms with Gasteiger partial charge in [0.05, 0.1) is 7.11 Å². The van der Waals surface area contributed by atoms with E-state index in [-0.39, 0.29) is 62.9 Å². The van der Waals surface area contributed by atoms with Gasteiger partial charge in [0.15, 0.2) is 11.5 Å². The van der Waals surface area contributed by atoms with E-state index in [0.29, 0.717) is 11.3 Å². The van der Waals surface area contributed by atoms with Gasteiger partial charge < -0.3 is 14.2 Å². The van der Waals surface area contributed by atoms with Crippen molar-refractivity contribution in [2.75, 3.05) is 40.1 Å². The zero-order chi connectivity index (χ0) is 29.1. The number of carbonyl (C=O) groups is 6. The molecule has 1 aromatic carbocycles. The summed E-state index contributed by atoms with van der Waals surface area (Å²) in [5, 5.41) is 0. The Balaban J connectivity index is 1.85. The molecule has 0 radical (unpaired) electrons. The van der Waals surface area contributed by atoms with Crippen molar-refractivity contribution in [2.24, 2.45) is 11.3 Å². The van der Waals surface area contributed by atoms with Crippen molar-refractivity contribution >= 4 is 35.7 Å². The molecule has 0 saturated carbocycles. The fraction of sp³-hybridized carbons (Fsp3) is 0.556. The van der Waals surface area contributed by atoms with Crippen molar-refractivity contribution in [3.05, 3.63) is 17.2 Å². The number of methoxy groups -OCH3 is 1. The molecule has 13 heteroatoms. The molecule has 1 aliphatic carbocycles. The number of ether oxygens (including phenoxy) is 3. The molecule has 0 N–H and O–H groups in total. The fourth-order valence-electron chi connectivity index (χ4n) is 6.59. The quantitative estimate of drug-likeness (QED) is 0.479. The molecule has 0 aromatic heterocycles. The first-order valence-electron chi connectivity index (χ1n) is 13.5. The highest BCUT2D eigenvalue weighted by atomic mass is 16.7. The second-order valence-corrected chi connectivity index (χ2v) is 9.97. The minimum absolute atomic E-state index is 0.0196. The Morgan fingerprint density at radius 2 is 1.35 bits per heavy atom. The van der Waals surface area contributed by atoms with Gasteiger partial charge in [-0.2, -0.15) is 0 Å². The Bertz CT molecular complexity index is 1290. The van der Waals surface area contributed by atoms with E-state index in [9.17, 15) is 28.8 Å². The smallest absolute Gasteiger partial charge is 0.333 e. The Morgan fingerprint density at radius 3 is 1.85 bits per heavy atom. The average molecular weight is 557 g/mol. The van der Waals surface area contributed by atoms with E-state index >= 15 is 0 Å². The first-order valence-corrected chi connectivity index (χ1v) is 13.5. The fourth-order valence-corrected chi connectivity index (χ4v) is 6.59. The van der Waals surface area contributed by atoms with Crippen molar-refractivity contribution < 1.29 is 43.0 Å². The normalized spacial score (nSPS) is 22.6. The standard InChI is InChI=1S/C27H32N4O9/c1-6-28-21(32)17(22(33)29(7-2)25(28)36)18-16-14(12-15-19(20(16)38-5)40-13-39-15)10-11-27(18)23(34)30(8-3)26(37)31(9-4)24(27)35/h12,17-18H,6-11,13H2,1-5H3/t18-/m0/s1. The number of aryl methyl sites for hydroxylation is 1. The number of hydrogen-bond acceptors (Lipinski definition) is 9. The molecule has 2 fully saturated rings. The maximum Gasteiger partial charge on any atom is 0.333 e. The molecule has 40 heavy (non-hydrogen) atoms. The third kappa shape index (κ3) is 3.38. The van der Waals surface area contributed by atoms with E-state index in [1.807, 2.05) is 0 Å². The van der Waals surface area contributed by atoms with E-state index in [1.54, 1.807) is 33.8 Å². The highest BCUT2D eigenvalue weighted by molar-refractivity contribution is 6.22. The molecule has 2 saturated heterocycles. The van der Waals surface area contributed by atoms with Gasteiger partial charge in [-0.05, 0) is 52.2 Å². The minimum atomic E-state index is -2.00. The van der Waals surface area contributed by atoms with Gasteiger partial charge in [0.2, 0.25) is 36.2 Å². The van der Waals surface area contributed by atoms with Crippen molar-refractivity contribution in [1.82, 2.24) is 19.6 Å². The topological polar surface area (TPSA) is 143 Å². The lowest BCUT2D eigenvalue weighted by Gasteiger charge is -2.52. The van der Waals surface area contributed by atoms with Crippen LogP contribution < -0.4 is 14.2 Å². The predicted octanol–water partition coefficient (Wildman–Crippen LogP) is 1.72. The summed E-state index contributed by atoms with van der Waals surface area (Å²) in [6.45, 7) is 6.27. The molecule has 3 aliphatic heterocycles. The Hall–Kier alpha value is -4.16. The van der Waals surface area contributed by atoms with Crippen molar-refractivity contribution in [3.63, 3.8) is 0 Å². The molecule has 8 amide bonds. The van der Waals surface area contributed by atoms with E-state index in [4.69, 9.17) is 14.2 Å². The van der Waals surface area contributed by atoms with Crippen LogP contribution in [0.1, 0.15) is 51.2 Å². The number of fused-ring (bicyclic) bond motifs is 2. The van der Waals surface area contributed by atoms with Gasteiger partial charge in [-0.1, -0.05) is 0 Å². The van der Waals surface area contributed by atoms with Crippen LogP contribution >= 0.6 is 0 Å². The molecule has 1 aromatic rings. The number of carbonyl (C=O) groups excluding carboxylic acids is 6. The summed E-state index contributed by atoms with van der Waals surface area (Å²) in [6, 6.07) is 0.187. The molecule has 214 valence electrons. The summed E-state index contributed by atoms with van der Waals surface area (Å²) >= 11 is 0. The highest BCUT2D eigenvalue weighted by Crippen LogP contribution is 2.60. The summed E-state index contributed by atoms with van der Waals surface area (Å²) in [4.78, 5) is 86.8. The molecule has 0 bridgehead atoms. The van der Waals surface area contributed by atoms with Crippen LogP contribution in [0.2, 0.25) is 0 Å².